The van der Waals surface area contributed by atoms with E-state index in [1.54, 1.807) is 35.4 Å². The van der Waals surface area contributed by atoms with Crippen LogP contribution in [0, 0.1) is 0 Å². The molecule has 4 rings (SSSR count). The fourth-order valence-corrected chi connectivity index (χ4v) is 5.89. The fraction of sp³-hybridized carbons (Fsp3) is 0.409. The molecule has 164 valence electrons. The lowest BCUT2D eigenvalue weighted by Crippen LogP contribution is -2.32. The highest BCUT2D eigenvalue weighted by Gasteiger charge is 2.20. The van der Waals surface area contributed by atoms with Crippen LogP contribution in [0.2, 0.25) is 5.02 Å². The van der Waals surface area contributed by atoms with Crippen LogP contribution in [-0.2, 0) is 23.4 Å². The molecule has 31 heavy (non-hydrogen) atoms. The first-order valence-electron chi connectivity index (χ1n) is 10.2. The molecule has 3 aromatic rings. The van der Waals surface area contributed by atoms with Gasteiger partial charge in [0.1, 0.15) is 23.0 Å². The molecule has 1 aliphatic rings. The average molecular weight is 478 g/mol. The molecule has 0 spiro atoms. The number of aromatic amines is 1. The van der Waals surface area contributed by atoms with Gasteiger partial charge in [-0.3, -0.25) is 9.59 Å². The van der Waals surface area contributed by atoms with Crippen LogP contribution in [0.3, 0.4) is 0 Å². The number of benzene rings is 1. The molecular formula is C22H24ClN3O3S2. The van der Waals surface area contributed by atoms with Gasteiger partial charge in [0.15, 0.2) is 0 Å². The fourth-order valence-electron chi connectivity index (χ4n) is 3.60. The lowest BCUT2D eigenvalue weighted by molar-refractivity contribution is -0.127. The zero-order chi connectivity index (χ0) is 21.8. The van der Waals surface area contributed by atoms with Gasteiger partial charge in [0.2, 0.25) is 5.91 Å². The Bertz CT molecular complexity index is 1140. The first-order chi connectivity index (χ1) is 15.0. The van der Waals surface area contributed by atoms with Crippen LogP contribution < -0.4 is 10.3 Å². The summed E-state index contributed by atoms with van der Waals surface area (Å²) in [7, 11) is 1.76. The SMILES string of the molecule is CN(CCOc1cccc(Cl)c1)C(=O)CSCc1nc2sc3c(c2c(=O)[nH]1)CCCC3. The van der Waals surface area contributed by atoms with Gasteiger partial charge in [-0.1, -0.05) is 17.7 Å². The van der Waals surface area contributed by atoms with Crippen LogP contribution in [0.4, 0.5) is 0 Å². The molecule has 0 saturated heterocycles. The first-order valence-corrected chi connectivity index (χ1v) is 12.6. The van der Waals surface area contributed by atoms with Crippen molar-refractivity contribution in [2.24, 2.45) is 0 Å². The quantitative estimate of drug-likeness (QED) is 0.524. The zero-order valence-corrected chi connectivity index (χ0v) is 19.7. The van der Waals surface area contributed by atoms with Crippen LogP contribution in [0.15, 0.2) is 29.1 Å². The topological polar surface area (TPSA) is 75.3 Å². The molecule has 1 N–H and O–H groups in total. The van der Waals surface area contributed by atoms with E-state index in [4.69, 9.17) is 16.3 Å². The average Bonchev–Trinajstić information content (AvgIpc) is 3.12. The number of nitrogens with zero attached hydrogens (tertiary/aromatic N) is 2. The second-order valence-electron chi connectivity index (χ2n) is 7.52. The first kappa shape index (κ1) is 22.2. The van der Waals surface area contributed by atoms with Gasteiger partial charge >= 0.3 is 0 Å². The van der Waals surface area contributed by atoms with Crippen molar-refractivity contribution in [3.8, 4) is 5.75 Å². The van der Waals surface area contributed by atoms with E-state index in [0.29, 0.717) is 41.3 Å². The maximum absolute atomic E-state index is 12.6. The Kier molecular flexibility index (Phi) is 7.20. The van der Waals surface area contributed by atoms with Crippen LogP contribution in [0.1, 0.15) is 29.1 Å². The maximum atomic E-state index is 12.6. The smallest absolute Gasteiger partial charge is 0.259 e. The minimum absolute atomic E-state index is 0.00899. The number of nitrogens with one attached hydrogen (secondary N) is 1. The van der Waals surface area contributed by atoms with Crippen molar-refractivity contribution < 1.29 is 9.53 Å². The Hall–Kier alpha value is -2.03. The maximum Gasteiger partial charge on any atom is 0.259 e. The standard InChI is InChI=1S/C22H24ClN3O3S2/c1-26(9-10-29-15-6-4-5-14(23)11-15)19(27)13-30-12-18-24-21(28)20-16-7-2-3-8-17(16)31-22(20)25-18/h4-6,11H,2-3,7-10,12-13H2,1H3,(H,24,25,28). The molecule has 2 heterocycles. The van der Waals surface area contributed by atoms with Gasteiger partial charge in [0.25, 0.3) is 5.56 Å². The molecular weight excluding hydrogens is 454 g/mol. The number of H-pyrrole nitrogens is 1. The molecule has 0 bridgehead atoms. The third-order valence-corrected chi connectivity index (χ3v) is 7.61. The van der Waals surface area contributed by atoms with Crippen LogP contribution in [0.25, 0.3) is 10.2 Å². The number of thioether (sulfide) groups is 1. The number of ether oxygens (including phenoxy) is 1. The monoisotopic (exact) mass is 477 g/mol. The highest BCUT2D eigenvalue weighted by molar-refractivity contribution is 7.99. The molecule has 1 amide bonds. The van der Waals surface area contributed by atoms with E-state index in [0.717, 1.165) is 29.5 Å². The third kappa shape index (κ3) is 5.42. The summed E-state index contributed by atoms with van der Waals surface area (Å²) in [5, 5.41) is 1.38. The molecule has 2 aromatic heterocycles. The number of halogens is 1. The number of likely N-dealkylation sites (N-methyl/N-ethyl adjacent to an activating group) is 1. The normalized spacial score (nSPS) is 13.2. The number of hydrogen-bond acceptors (Lipinski definition) is 6. The van der Waals surface area contributed by atoms with Gasteiger partial charge in [-0.2, -0.15) is 0 Å². The van der Waals surface area contributed by atoms with Crippen molar-refractivity contribution in [1.29, 1.82) is 0 Å². The van der Waals surface area contributed by atoms with Crippen molar-refractivity contribution >= 4 is 50.8 Å². The predicted molar refractivity (Wildman–Crippen MR) is 128 cm³/mol. The highest BCUT2D eigenvalue weighted by Crippen LogP contribution is 2.33. The number of carbonyl (C=O) groups excluding carboxylic acids is 1. The molecule has 0 fully saturated rings. The second kappa shape index (κ2) is 10.1. The van der Waals surface area contributed by atoms with Gasteiger partial charge in [0.05, 0.1) is 23.4 Å². The summed E-state index contributed by atoms with van der Waals surface area (Å²) in [6, 6.07) is 7.18. The Balaban J connectivity index is 1.27. The number of thiophene rings is 1. The summed E-state index contributed by atoms with van der Waals surface area (Å²) in [5.74, 6) is 2.13. The van der Waals surface area contributed by atoms with E-state index in [1.807, 2.05) is 12.1 Å². The second-order valence-corrected chi connectivity index (χ2v) is 10.0. The van der Waals surface area contributed by atoms with E-state index < -0.39 is 0 Å². The van der Waals surface area contributed by atoms with Crippen molar-refractivity contribution in [1.82, 2.24) is 14.9 Å². The van der Waals surface area contributed by atoms with Crippen molar-refractivity contribution in [3.63, 3.8) is 0 Å². The van der Waals surface area contributed by atoms with E-state index in [2.05, 4.69) is 9.97 Å². The predicted octanol–water partition coefficient (Wildman–Crippen LogP) is 4.29. The number of rotatable bonds is 8. The van der Waals surface area contributed by atoms with Gasteiger partial charge < -0.3 is 14.6 Å². The Morgan fingerprint density at radius 1 is 1.35 bits per heavy atom. The lowest BCUT2D eigenvalue weighted by Gasteiger charge is -2.17. The number of aryl methyl sites for hydroxylation is 2. The van der Waals surface area contributed by atoms with Crippen LogP contribution >= 0.6 is 34.7 Å². The molecule has 6 nitrogen and oxygen atoms in total. The highest BCUT2D eigenvalue weighted by atomic mass is 35.5. The van der Waals surface area contributed by atoms with Crippen molar-refractivity contribution in [3.05, 3.63) is 55.9 Å². The summed E-state index contributed by atoms with van der Waals surface area (Å²) in [4.78, 5) is 36.3. The van der Waals surface area contributed by atoms with Gasteiger partial charge in [-0.25, -0.2) is 4.98 Å². The van der Waals surface area contributed by atoms with E-state index >= 15 is 0 Å². The lowest BCUT2D eigenvalue weighted by atomic mass is 9.97. The van der Waals surface area contributed by atoms with Crippen molar-refractivity contribution in [2.45, 2.75) is 31.4 Å². The minimum Gasteiger partial charge on any atom is -0.492 e. The molecule has 0 unspecified atom stereocenters. The largest absolute Gasteiger partial charge is 0.492 e. The number of carbonyl (C=O) groups is 1. The summed E-state index contributed by atoms with van der Waals surface area (Å²) in [6.07, 6.45) is 4.33. The molecule has 0 saturated carbocycles. The van der Waals surface area contributed by atoms with E-state index in [1.165, 1.54) is 28.6 Å². The van der Waals surface area contributed by atoms with Gasteiger partial charge in [0, 0.05) is 16.9 Å². The molecule has 0 atom stereocenters. The van der Waals surface area contributed by atoms with Crippen molar-refractivity contribution in [2.75, 3.05) is 26.0 Å². The molecule has 9 heteroatoms. The zero-order valence-electron chi connectivity index (χ0n) is 17.3. The summed E-state index contributed by atoms with van der Waals surface area (Å²) >= 11 is 9.03. The number of amides is 1. The van der Waals surface area contributed by atoms with Gasteiger partial charge in [-0.15, -0.1) is 23.1 Å². The van der Waals surface area contributed by atoms with Crippen LogP contribution in [-0.4, -0.2) is 46.7 Å². The molecule has 1 aromatic carbocycles. The Morgan fingerprint density at radius 2 is 2.19 bits per heavy atom. The third-order valence-electron chi connectivity index (χ3n) is 5.26. The molecule has 0 aliphatic heterocycles. The van der Waals surface area contributed by atoms with Crippen LogP contribution in [0.5, 0.6) is 5.75 Å². The number of hydrogen-bond donors (Lipinski definition) is 1. The number of aromatic nitrogens is 2. The molecule has 0 radical (unpaired) electrons. The van der Waals surface area contributed by atoms with E-state index in [9.17, 15) is 9.59 Å². The summed E-state index contributed by atoms with van der Waals surface area (Å²) in [5.41, 5.74) is 1.14. The number of fused-ring (bicyclic) bond motifs is 3. The summed E-state index contributed by atoms with van der Waals surface area (Å²) in [6.45, 7) is 0.871. The molecule has 1 aliphatic carbocycles. The van der Waals surface area contributed by atoms with Gasteiger partial charge in [-0.05, 0) is 49.4 Å². The minimum atomic E-state index is -0.0541. The van der Waals surface area contributed by atoms with E-state index in [-0.39, 0.29) is 11.5 Å². The summed E-state index contributed by atoms with van der Waals surface area (Å²) < 4.78 is 5.64. The Morgan fingerprint density at radius 3 is 3.03 bits per heavy atom. The Labute approximate surface area is 194 Å².